The minimum absolute atomic E-state index is 0.00130. The zero-order valence-corrected chi connectivity index (χ0v) is 18.3. The molecule has 29 heavy (non-hydrogen) atoms. The van der Waals surface area contributed by atoms with E-state index < -0.39 is 21.0 Å². The van der Waals surface area contributed by atoms with E-state index in [0.717, 1.165) is 11.3 Å². The van der Waals surface area contributed by atoms with Crippen LogP contribution in [0.15, 0.2) is 18.2 Å². The molecule has 1 unspecified atom stereocenters. The summed E-state index contributed by atoms with van der Waals surface area (Å²) in [4.78, 5) is 14.4. The van der Waals surface area contributed by atoms with Crippen molar-refractivity contribution in [2.75, 3.05) is 37.7 Å². The predicted octanol–water partition coefficient (Wildman–Crippen LogP) is 1.20. The Bertz CT molecular complexity index is 862. The van der Waals surface area contributed by atoms with Crippen molar-refractivity contribution in [1.82, 2.24) is 10.2 Å². The first-order valence-electron chi connectivity index (χ1n) is 10.1. The number of rotatable bonds is 6. The van der Waals surface area contributed by atoms with E-state index in [9.17, 15) is 18.3 Å². The number of sulfone groups is 1. The van der Waals surface area contributed by atoms with Gasteiger partial charge in [0.15, 0.2) is 9.84 Å². The fourth-order valence-corrected chi connectivity index (χ4v) is 6.07. The van der Waals surface area contributed by atoms with Crippen LogP contribution in [-0.2, 0) is 14.6 Å². The molecule has 8 heteroatoms. The summed E-state index contributed by atoms with van der Waals surface area (Å²) in [5.74, 6) is 0.715. The number of amides is 1. The topological polar surface area (TPSA) is 95.9 Å². The predicted molar refractivity (Wildman–Crippen MR) is 112 cm³/mol. The monoisotopic (exact) mass is 424 g/mol. The van der Waals surface area contributed by atoms with E-state index >= 15 is 0 Å². The Balaban J connectivity index is 1.44. The van der Waals surface area contributed by atoms with Gasteiger partial charge < -0.3 is 15.2 Å². The molecule has 2 fully saturated rings. The van der Waals surface area contributed by atoms with Crippen molar-refractivity contribution < 1.29 is 23.1 Å². The molecule has 0 aliphatic carbocycles. The smallest absolute Gasteiger partial charge is 0.234 e. The number of hydrogen-bond acceptors (Lipinski definition) is 6. The Morgan fingerprint density at radius 3 is 2.48 bits per heavy atom. The number of likely N-dealkylation sites (tertiary alicyclic amines) is 1. The fraction of sp³-hybridized carbons (Fsp3) is 0.667. The number of aliphatic hydroxyl groups is 1. The third-order valence-corrected chi connectivity index (χ3v) is 7.99. The normalized spacial score (nSPS) is 26.2. The summed E-state index contributed by atoms with van der Waals surface area (Å²) in [6.45, 7) is 7.49. The SMILES string of the molecule is Cc1ccc(OCC2(O)CCN(CC(=O)NC3(C)CCS(=O)(=O)C3)CC2)cc1C. The molecule has 0 aromatic heterocycles. The van der Waals surface area contributed by atoms with Gasteiger partial charge in [0.05, 0.1) is 23.6 Å². The Morgan fingerprint density at radius 2 is 1.90 bits per heavy atom. The Kier molecular flexibility index (Phi) is 6.27. The number of carbonyl (C=O) groups is 1. The van der Waals surface area contributed by atoms with Crippen LogP contribution >= 0.6 is 0 Å². The van der Waals surface area contributed by atoms with Gasteiger partial charge in [-0.3, -0.25) is 9.69 Å². The largest absolute Gasteiger partial charge is 0.491 e. The van der Waals surface area contributed by atoms with Gasteiger partial charge in [-0.05, 0) is 63.3 Å². The number of nitrogens with zero attached hydrogens (tertiary/aromatic N) is 1. The van der Waals surface area contributed by atoms with Crippen molar-refractivity contribution in [3.05, 3.63) is 29.3 Å². The molecule has 1 atom stereocenters. The highest BCUT2D eigenvalue weighted by Crippen LogP contribution is 2.26. The number of hydrogen-bond donors (Lipinski definition) is 2. The molecule has 0 saturated carbocycles. The van der Waals surface area contributed by atoms with Crippen molar-refractivity contribution in [1.29, 1.82) is 0 Å². The van der Waals surface area contributed by atoms with Gasteiger partial charge in [0.25, 0.3) is 0 Å². The van der Waals surface area contributed by atoms with E-state index in [0.29, 0.717) is 32.4 Å². The summed E-state index contributed by atoms with van der Waals surface area (Å²) in [7, 11) is -3.06. The molecule has 2 aliphatic rings. The molecule has 7 nitrogen and oxygen atoms in total. The lowest BCUT2D eigenvalue weighted by Gasteiger charge is -2.38. The Labute approximate surface area is 173 Å². The molecule has 1 amide bonds. The number of benzene rings is 1. The van der Waals surface area contributed by atoms with Crippen molar-refractivity contribution in [2.24, 2.45) is 0 Å². The lowest BCUT2D eigenvalue weighted by atomic mass is 9.92. The average Bonchev–Trinajstić information content (AvgIpc) is 2.91. The summed E-state index contributed by atoms with van der Waals surface area (Å²) < 4.78 is 29.2. The van der Waals surface area contributed by atoms with E-state index in [-0.39, 0.29) is 30.6 Å². The summed E-state index contributed by atoms with van der Waals surface area (Å²) in [6, 6.07) is 5.89. The second-order valence-electron chi connectivity index (χ2n) is 8.99. The standard InChI is InChI=1S/C21H32N2O5S/c1-16-4-5-18(12-17(16)2)28-14-21(25)6-9-23(10-7-21)13-19(24)22-20(3)8-11-29(26,27)15-20/h4-5,12,25H,6-11,13-15H2,1-3H3,(H,22,24). The highest BCUT2D eigenvalue weighted by atomic mass is 32.2. The van der Waals surface area contributed by atoms with Crippen LogP contribution in [0.3, 0.4) is 0 Å². The minimum Gasteiger partial charge on any atom is -0.491 e. The minimum atomic E-state index is -3.06. The van der Waals surface area contributed by atoms with Crippen LogP contribution in [0.25, 0.3) is 0 Å². The van der Waals surface area contributed by atoms with Crippen molar-refractivity contribution in [3.63, 3.8) is 0 Å². The van der Waals surface area contributed by atoms with E-state index in [1.54, 1.807) is 6.92 Å². The van der Waals surface area contributed by atoms with Crippen molar-refractivity contribution in [2.45, 2.75) is 51.2 Å². The first-order valence-corrected chi connectivity index (χ1v) is 12.0. The highest BCUT2D eigenvalue weighted by molar-refractivity contribution is 7.91. The third-order valence-electron chi connectivity index (χ3n) is 6.08. The van der Waals surface area contributed by atoms with Gasteiger partial charge in [0.2, 0.25) is 5.91 Å². The maximum Gasteiger partial charge on any atom is 0.234 e. The van der Waals surface area contributed by atoms with E-state index in [1.807, 2.05) is 36.9 Å². The van der Waals surface area contributed by atoms with Crippen LogP contribution < -0.4 is 10.1 Å². The number of nitrogens with one attached hydrogen (secondary N) is 1. The van der Waals surface area contributed by atoms with Crippen LogP contribution in [0, 0.1) is 13.8 Å². The van der Waals surface area contributed by atoms with Gasteiger partial charge in [-0.25, -0.2) is 8.42 Å². The molecular formula is C21H32N2O5S. The van der Waals surface area contributed by atoms with Gasteiger partial charge in [-0.15, -0.1) is 0 Å². The summed E-state index contributed by atoms with van der Waals surface area (Å²) in [6.07, 6.45) is 1.50. The lowest BCUT2D eigenvalue weighted by molar-refractivity contribution is -0.125. The summed E-state index contributed by atoms with van der Waals surface area (Å²) in [5, 5.41) is 13.7. The van der Waals surface area contributed by atoms with Crippen LogP contribution in [0.4, 0.5) is 0 Å². The molecule has 162 valence electrons. The number of piperidine rings is 1. The van der Waals surface area contributed by atoms with E-state index in [1.165, 1.54) is 5.56 Å². The molecule has 0 radical (unpaired) electrons. The quantitative estimate of drug-likeness (QED) is 0.713. The van der Waals surface area contributed by atoms with Gasteiger partial charge in [-0.1, -0.05) is 6.07 Å². The van der Waals surface area contributed by atoms with Crippen molar-refractivity contribution >= 4 is 15.7 Å². The van der Waals surface area contributed by atoms with Gasteiger partial charge in [-0.2, -0.15) is 0 Å². The third kappa shape index (κ3) is 5.93. The number of aryl methyl sites for hydroxylation is 2. The van der Waals surface area contributed by atoms with Crippen LogP contribution in [0.2, 0.25) is 0 Å². The molecule has 2 saturated heterocycles. The fourth-order valence-electron chi connectivity index (χ4n) is 3.98. The molecule has 1 aromatic carbocycles. The summed E-state index contributed by atoms with van der Waals surface area (Å²) in [5.41, 5.74) is 0.773. The number of carbonyl (C=O) groups excluding carboxylic acids is 1. The second kappa shape index (κ2) is 8.24. The van der Waals surface area contributed by atoms with Crippen LogP contribution in [-0.4, -0.2) is 73.2 Å². The van der Waals surface area contributed by atoms with Gasteiger partial charge >= 0.3 is 0 Å². The molecule has 1 aromatic rings. The Morgan fingerprint density at radius 1 is 1.21 bits per heavy atom. The Hall–Kier alpha value is -1.64. The lowest BCUT2D eigenvalue weighted by Crippen LogP contribution is -2.53. The molecule has 2 aliphatic heterocycles. The van der Waals surface area contributed by atoms with E-state index in [4.69, 9.17) is 4.74 Å². The zero-order chi connectivity index (χ0) is 21.3. The van der Waals surface area contributed by atoms with Gasteiger partial charge in [0.1, 0.15) is 18.0 Å². The molecule has 0 spiro atoms. The maximum absolute atomic E-state index is 12.4. The number of ether oxygens (including phenoxy) is 1. The molecule has 2 heterocycles. The van der Waals surface area contributed by atoms with E-state index in [2.05, 4.69) is 5.32 Å². The molecule has 0 bridgehead atoms. The first kappa shape index (κ1) is 22.1. The maximum atomic E-state index is 12.4. The average molecular weight is 425 g/mol. The highest BCUT2D eigenvalue weighted by Gasteiger charge is 2.40. The molecular weight excluding hydrogens is 392 g/mol. The molecule has 3 rings (SSSR count). The molecule has 2 N–H and O–H groups in total. The van der Waals surface area contributed by atoms with Gasteiger partial charge in [0, 0.05) is 13.1 Å². The van der Waals surface area contributed by atoms with Crippen LogP contribution in [0.5, 0.6) is 5.75 Å². The zero-order valence-electron chi connectivity index (χ0n) is 17.5. The van der Waals surface area contributed by atoms with Crippen LogP contribution in [0.1, 0.15) is 37.3 Å². The second-order valence-corrected chi connectivity index (χ2v) is 11.2. The summed E-state index contributed by atoms with van der Waals surface area (Å²) >= 11 is 0. The first-order chi connectivity index (χ1) is 13.5. The van der Waals surface area contributed by atoms with Crippen molar-refractivity contribution in [3.8, 4) is 5.75 Å².